The molecule has 0 aliphatic carbocycles. The Hall–Kier alpha value is -1.03. The third-order valence-electron chi connectivity index (χ3n) is 3.80. The van der Waals surface area contributed by atoms with Crippen molar-refractivity contribution < 1.29 is 21.2 Å². The second kappa shape index (κ2) is 7.25. The average molecular weight is 364 g/mol. The molecule has 0 unspecified atom stereocenters. The Morgan fingerprint density at radius 2 is 1.78 bits per heavy atom. The molecule has 130 valence electrons. The summed E-state index contributed by atoms with van der Waals surface area (Å²) < 4.78 is 65.4. The van der Waals surface area contributed by atoms with Gasteiger partial charge in [-0.05, 0) is 43.5 Å². The van der Waals surface area contributed by atoms with E-state index in [1.807, 2.05) is 0 Å². The van der Waals surface area contributed by atoms with E-state index in [0.717, 1.165) is 31.4 Å². The van der Waals surface area contributed by atoms with Crippen LogP contribution < -0.4 is 4.72 Å². The lowest BCUT2D eigenvalue weighted by atomic mass is 10.2. The summed E-state index contributed by atoms with van der Waals surface area (Å²) in [4.78, 5) is -0.0771. The van der Waals surface area contributed by atoms with Gasteiger partial charge in [-0.2, -0.15) is 0 Å². The predicted molar refractivity (Wildman–Crippen MR) is 85.5 cm³/mol. The number of aryl methyl sites for hydroxylation is 1. The number of sulfonamides is 2. The Morgan fingerprint density at radius 1 is 1.13 bits per heavy atom. The van der Waals surface area contributed by atoms with Crippen molar-refractivity contribution >= 4 is 20.0 Å². The van der Waals surface area contributed by atoms with Gasteiger partial charge in [-0.25, -0.2) is 30.3 Å². The number of benzene rings is 1. The number of halogens is 1. The van der Waals surface area contributed by atoms with Crippen LogP contribution in [0.4, 0.5) is 4.39 Å². The van der Waals surface area contributed by atoms with Crippen LogP contribution in [-0.4, -0.2) is 46.5 Å². The lowest BCUT2D eigenvalue weighted by Gasteiger charge is -2.25. The molecule has 1 aliphatic rings. The van der Waals surface area contributed by atoms with Gasteiger partial charge in [0.25, 0.3) is 0 Å². The predicted octanol–water partition coefficient (Wildman–Crippen LogP) is 1.23. The first kappa shape index (κ1) is 18.3. The van der Waals surface area contributed by atoms with E-state index < -0.39 is 25.9 Å². The molecule has 23 heavy (non-hydrogen) atoms. The van der Waals surface area contributed by atoms with Crippen LogP contribution in [0.5, 0.6) is 0 Å². The number of rotatable bonds is 6. The first-order valence-electron chi connectivity index (χ1n) is 7.46. The minimum Gasteiger partial charge on any atom is -0.212 e. The molecule has 6 nitrogen and oxygen atoms in total. The Labute approximate surface area is 136 Å². The Kier molecular flexibility index (Phi) is 5.77. The van der Waals surface area contributed by atoms with Crippen LogP contribution in [0.1, 0.15) is 24.8 Å². The number of piperidine rings is 1. The van der Waals surface area contributed by atoms with E-state index in [4.69, 9.17) is 0 Å². The quantitative estimate of drug-likeness (QED) is 0.823. The lowest BCUT2D eigenvalue weighted by Crippen LogP contribution is -2.40. The zero-order valence-corrected chi connectivity index (χ0v) is 14.6. The molecule has 1 fully saturated rings. The summed E-state index contributed by atoms with van der Waals surface area (Å²) in [7, 11) is -7.31. The van der Waals surface area contributed by atoms with Crippen molar-refractivity contribution in [3.05, 3.63) is 29.6 Å². The molecule has 1 aromatic carbocycles. The highest BCUT2D eigenvalue weighted by atomic mass is 32.2. The molecule has 1 N–H and O–H groups in total. The molecule has 0 amide bonds. The van der Waals surface area contributed by atoms with E-state index in [1.165, 1.54) is 17.3 Å². The smallest absolute Gasteiger partial charge is 0.212 e. The van der Waals surface area contributed by atoms with Crippen LogP contribution in [0, 0.1) is 12.7 Å². The van der Waals surface area contributed by atoms with Crippen LogP contribution in [0.15, 0.2) is 23.1 Å². The van der Waals surface area contributed by atoms with Crippen molar-refractivity contribution in [1.82, 2.24) is 9.03 Å². The van der Waals surface area contributed by atoms with Crippen molar-refractivity contribution in [3.63, 3.8) is 0 Å². The van der Waals surface area contributed by atoms with E-state index in [-0.39, 0.29) is 22.8 Å². The minimum atomic E-state index is -3.85. The van der Waals surface area contributed by atoms with Crippen molar-refractivity contribution in [2.24, 2.45) is 0 Å². The lowest BCUT2D eigenvalue weighted by molar-refractivity contribution is 0.346. The van der Waals surface area contributed by atoms with E-state index in [9.17, 15) is 21.2 Å². The maximum atomic E-state index is 13.2. The molecule has 0 bridgehead atoms. The first-order valence-corrected chi connectivity index (χ1v) is 10.6. The molecule has 0 aromatic heterocycles. The van der Waals surface area contributed by atoms with Gasteiger partial charge in [0.15, 0.2) is 0 Å². The normalized spacial score (nSPS) is 17.3. The first-order chi connectivity index (χ1) is 10.7. The van der Waals surface area contributed by atoms with Crippen LogP contribution in [0.2, 0.25) is 0 Å². The number of hydrogen-bond acceptors (Lipinski definition) is 4. The van der Waals surface area contributed by atoms with Crippen molar-refractivity contribution in [2.75, 3.05) is 25.4 Å². The highest BCUT2D eigenvalue weighted by Crippen LogP contribution is 2.15. The van der Waals surface area contributed by atoms with Gasteiger partial charge in [0.2, 0.25) is 20.0 Å². The fourth-order valence-corrected chi connectivity index (χ4v) is 5.12. The molecule has 9 heteroatoms. The Morgan fingerprint density at radius 3 is 2.39 bits per heavy atom. The highest BCUT2D eigenvalue weighted by molar-refractivity contribution is 7.90. The van der Waals surface area contributed by atoms with E-state index in [1.54, 1.807) is 0 Å². The molecule has 1 aromatic rings. The fourth-order valence-electron chi connectivity index (χ4n) is 2.44. The van der Waals surface area contributed by atoms with Gasteiger partial charge in [-0.15, -0.1) is 0 Å². The van der Waals surface area contributed by atoms with Gasteiger partial charge in [0.1, 0.15) is 5.82 Å². The van der Waals surface area contributed by atoms with Crippen molar-refractivity contribution in [2.45, 2.75) is 31.1 Å². The van der Waals surface area contributed by atoms with Crippen LogP contribution in [-0.2, 0) is 20.0 Å². The molecule has 0 radical (unpaired) electrons. The molecule has 1 aliphatic heterocycles. The van der Waals surface area contributed by atoms with Gasteiger partial charge in [-0.3, -0.25) is 0 Å². The topological polar surface area (TPSA) is 83.5 Å². The fraction of sp³-hybridized carbons (Fsp3) is 0.571. The van der Waals surface area contributed by atoms with Crippen molar-refractivity contribution in [1.29, 1.82) is 0 Å². The van der Waals surface area contributed by atoms with Crippen LogP contribution >= 0.6 is 0 Å². The highest BCUT2D eigenvalue weighted by Gasteiger charge is 2.24. The van der Waals surface area contributed by atoms with E-state index in [2.05, 4.69) is 4.72 Å². The SMILES string of the molecule is Cc1cc(S(=O)(=O)NCCS(=O)(=O)N2CCCCC2)ccc1F. The summed E-state index contributed by atoms with van der Waals surface area (Å²) in [6, 6.07) is 3.45. The monoisotopic (exact) mass is 364 g/mol. The second-order valence-corrected chi connectivity index (χ2v) is 9.44. The molecule has 1 saturated heterocycles. The van der Waals surface area contributed by atoms with Crippen LogP contribution in [0.25, 0.3) is 0 Å². The van der Waals surface area contributed by atoms with Gasteiger partial charge in [-0.1, -0.05) is 6.42 Å². The molecule has 2 rings (SSSR count). The second-order valence-electron chi connectivity index (χ2n) is 5.58. The summed E-state index contributed by atoms with van der Waals surface area (Å²) in [5, 5.41) is 0. The summed E-state index contributed by atoms with van der Waals surface area (Å²) in [5.41, 5.74) is 0.216. The molecular weight excluding hydrogens is 343 g/mol. The van der Waals surface area contributed by atoms with Gasteiger partial charge < -0.3 is 0 Å². The van der Waals surface area contributed by atoms with E-state index >= 15 is 0 Å². The average Bonchev–Trinajstić information content (AvgIpc) is 2.50. The molecule has 0 saturated carbocycles. The molecular formula is C14H21FN2O4S2. The summed E-state index contributed by atoms with van der Waals surface area (Å²) in [6.45, 7) is 2.24. The molecule has 0 spiro atoms. The number of nitrogens with zero attached hydrogens (tertiary/aromatic N) is 1. The van der Waals surface area contributed by atoms with Crippen molar-refractivity contribution in [3.8, 4) is 0 Å². The maximum absolute atomic E-state index is 13.2. The molecule has 1 heterocycles. The number of hydrogen-bond donors (Lipinski definition) is 1. The summed E-state index contributed by atoms with van der Waals surface area (Å²) in [5.74, 6) is -0.775. The van der Waals surface area contributed by atoms with Gasteiger partial charge >= 0.3 is 0 Å². The van der Waals surface area contributed by atoms with Crippen LogP contribution in [0.3, 0.4) is 0 Å². The summed E-state index contributed by atoms with van der Waals surface area (Å²) in [6.07, 6.45) is 2.68. The standard InChI is InChI=1S/C14H21FN2O4S2/c1-12-11-13(5-6-14(12)15)23(20,21)16-7-10-22(18,19)17-8-3-2-4-9-17/h5-6,11,16H,2-4,7-10H2,1H3. The number of nitrogens with one attached hydrogen (secondary N) is 1. The zero-order valence-electron chi connectivity index (χ0n) is 13.0. The van der Waals surface area contributed by atoms with E-state index in [0.29, 0.717) is 13.1 Å². The largest absolute Gasteiger partial charge is 0.240 e. The Bertz CT molecular complexity index is 757. The van der Waals surface area contributed by atoms with Gasteiger partial charge in [0, 0.05) is 19.6 Å². The summed E-state index contributed by atoms with van der Waals surface area (Å²) >= 11 is 0. The maximum Gasteiger partial charge on any atom is 0.240 e. The third kappa shape index (κ3) is 4.72. The minimum absolute atomic E-state index is 0.0771. The zero-order chi connectivity index (χ0) is 17.1. The molecule has 0 atom stereocenters. The Balaban J connectivity index is 1.97. The van der Waals surface area contributed by atoms with Gasteiger partial charge in [0.05, 0.1) is 10.6 Å². The third-order valence-corrected chi connectivity index (χ3v) is 7.13.